The Kier molecular flexibility index (Phi) is 2.00. The van der Waals surface area contributed by atoms with Gasteiger partial charge in [-0.15, -0.1) is 11.3 Å². The molecule has 0 amide bonds. The highest BCUT2D eigenvalue weighted by Gasteiger charge is 2.13. The highest BCUT2D eigenvalue weighted by atomic mass is 35.5. The topological polar surface area (TPSA) is 51.6 Å². The van der Waals surface area contributed by atoms with Gasteiger partial charge >= 0.3 is 0 Å². The second-order valence-corrected chi connectivity index (χ2v) is 5.17. The summed E-state index contributed by atoms with van der Waals surface area (Å²) in [5, 5.41) is 0.453. The van der Waals surface area contributed by atoms with Crippen molar-refractivity contribution in [2.75, 3.05) is 0 Å². The summed E-state index contributed by atoms with van der Waals surface area (Å²) in [5.41, 5.74) is 3.30. The molecule has 0 aliphatic rings. The van der Waals surface area contributed by atoms with Gasteiger partial charge in [0.15, 0.2) is 0 Å². The minimum Gasteiger partial charge on any atom is -0.241 e. The minimum atomic E-state index is 0.453. The van der Waals surface area contributed by atoms with Crippen LogP contribution in [0.3, 0.4) is 0 Å². The van der Waals surface area contributed by atoms with Gasteiger partial charge in [-0.1, -0.05) is 23.7 Å². The lowest BCUT2D eigenvalue weighted by molar-refractivity contribution is 1.23. The fraction of sp³-hybridized carbons (Fsp3) is 0. The number of thiophene rings is 1. The molecule has 0 radical (unpaired) electrons. The van der Waals surface area contributed by atoms with Gasteiger partial charge in [0.1, 0.15) is 27.3 Å². The number of hydrogen-bond donors (Lipinski definition) is 0. The number of hydrogen-bond acceptors (Lipinski definition) is 5. The molecule has 1 aromatic carbocycles. The van der Waals surface area contributed by atoms with E-state index in [1.807, 2.05) is 24.3 Å². The van der Waals surface area contributed by atoms with Crippen molar-refractivity contribution in [1.82, 2.24) is 19.9 Å². The molecule has 18 heavy (non-hydrogen) atoms. The zero-order valence-corrected chi connectivity index (χ0v) is 10.5. The molecule has 6 heteroatoms. The van der Waals surface area contributed by atoms with Gasteiger partial charge in [-0.05, 0) is 12.1 Å². The Morgan fingerprint density at radius 2 is 1.72 bits per heavy atom. The van der Waals surface area contributed by atoms with Crippen molar-refractivity contribution in [3.63, 3.8) is 0 Å². The van der Waals surface area contributed by atoms with E-state index in [9.17, 15) is 0 Å². The van der Waals surface area contributed by atoms with Crippen LogP contribution in [-0.4, -0.2) is 19.9 Å². The molecule has 3 heterocycles. The third-order valence-corrected chi connectivity index (χ3v) is 4.19. The van der Waals surface area contributed by atoms with Crippen molar-refractivity contribution in [2.45, 2.75) is 0 Å². The van der Waals surface area contributed by atoms with Gasteiger partial charge in [0.2, 0.25) is 0 Å². The maximum Gasteiger partial charge on any atom is 0.150 e. The van der Waals surface area contributed by atoms with E-state index in [0.29, 0.717) is 5.15 Å². The second-order valence-electron chi connectivity index (χ2n) is 3.81. The summed E-state index contributed by atoms with van der Waals surface area (Å²) in [5.74, 6) is 0. The molecular formula is C12H5ClN4S. The Hall–Kier alpha value is -1.85. The minimum absolute atomic E-state index is 0.453. The molecule has 0 aliphatic heterocycles. The van der Waals surface area contributed by atoms with E-state index in [-0.39, 0.29) is 0 Å². The molecule has 0 bridgehead atoms. The molecule has 4 aromatic rings. The summed E-state index contributed by atoms with van der Waals surface area (Å²) < 4.78 is 0.837. The number of aromatic nitrogens is 4. The van der Waals surface area contributed by atoms with Gasteiger partial charge < -0.3 is 0 Å². The Bertz CT molecular complexity index is 902. The summed E-state index contributed by atoms with van der Waals surface area (Å²) in [7, 11) is 0. The van der Waals surface area contributed by atoms with Crippen LogP contribution in [0, 0.1) is 0 Å². The second kappa shape index (κ2) is 3.57. The zero-order valence-electron chi connectivity index (χ0n) is 8.96. The lowest BCUT2D eigenvalue weighted by Gasteiger charge is -1.95. The van der Waals surface area contributed by atoms with E-state index < -0.39 is 0 Å². The first-order valence-electron chi connectivity index (χ1n) is 5.28. The molecule has 0 N–H and O–H groups in total. The van der Waals surface area contributed by atoms with Crippen LogP contribution >= 0.6 is 22.9 Å². The van der Waals surface area contributed by atoms with Crippen molar-refractivity contribution in [1.29, 1.82) is 0 Å². The molecule has 0 unspecified atom stereocenters. The van der Waals surface area contributed by atoms with Gasteiger partial charge in [-0.2, -0.15) is 0 Å². The fourth-order valence-corrected chi connectivity index (χ4v) is 3.13. The first-order valence-corrected chi connectivity index (χ1v) is 6.48. The van der Waals surface area contributed by atoms with Gasteiger partial charge in [-0.25, -0.2) is 19.9 Å². The predicted molar refractivity (Wildman–Crippen MR) is 73.0 cm³/mol. The van der Waals surface area contributed by atoms with Crippen LogP contribution < -0.4 is 0 Å². The molecule has 0 fully saturated rings. The monoisotopic (exact) mass is 272 g/mol. The van der Waals surface area contributed by atoms with E-state index in [0.717, 1.165) is 31.6 Å². The molecule has 4 rings (SSSR count). The van der Waals surface area contributed by atoms with Crippen molar-refractivity contribution in [2.24, 2.45) is 0 Å². The number of fused-ring (bicyclic) bond motifs is 4. The van der Waals surface area contributed by atoms with Crippen LogP contribution in [0.5, 0.6) is 0 Å². The van der Waals surface area contributed by atoms with Crippen LogP contribution in [0.25, 0.3) is 31.6 Å². The smallest absolute Gasteiger partial charge is 0.150 e. The number of benzene rings is 1. The molecule has 0 aliphatic carbocycles. The summed E-state index contributed by atoms with van der Waals surface area (Å²) in [6.45, 7) is 0. The van der Waals surface area contributed by atoms with E-state index in [1.54, 1.807) is 0 Å². The molecule has 0 atom stereocenters. The Labute approximate surface area is 110 Å². The van der Waals surface area contributed by atoms with Crippen molar-refractivity contribution >= 4 is 54.5 Å². The van der Waals surface area contributed by atoms with E-state index in [1.165, 1.54) is 17.7 Å². The van der Waals surface area contributed by atoms with Crippen LogP contribution in [0.2, 0.25) is 5.15 Å². The maximum atomic E-state index is 6.06. The Morgan fingerprint density at radius 3 is 2.56 bits per heavy atom. The average molecular weight is 273 g/mol. The molecule has 4 nitrogen and oxygen atoms in total. The summed E-state index contributed by atoms with van der Waals surface area (Å²) >= 11 is 7.54. The van der Waals surface area contributed by atoms with E-state index in [4.69, 9.17) is 11.6 Å². The van der Waals surface area contributed by atoms with Gasteiger partial charge in [-0.3, -0.25) is 0 Å². The average Bonchev–Trinajstić information content (AvgIpc) is 2.76. The third-order valence-electron chi connectivity index (χ3n) is 2.72. The van der Waals surface area contributed by atoms with E-state index in [2.05, 4.69) is 19.9 Å². The first-order chi connectivity index (χ1) is 8.83. The highest BCUT2D eigenvalue weighted by molar-refractivity contribution is 7.25. The molecule has 0 saturated heterocycles. The fourth-order valence-electron chi connectivity index (χ4n) is 1.92. The molecule has 0 spiro atoms. The summed E-state index contributed by atoms with van der Waals surface area (Å²) in [6, 6.07) is 7.77. The molecule has 0 saturated carbocycles. The normalized spacial score (nSPS) is 11.6. The van der Waals surface area contributed by atoms with Crippen molar-refractivity contribution in [3.8, 4) is 0 Å². The van der Waals surface area contributed by atoms with Gasteiger partial charge in [0.05, 0.1) is 15.7 Å². The Morgan fingerprint density at radius 1 is 0.944 bits per heavy atom. The van der Waals surface area contributed by atoms with Crippen LogP contribution in [-0.2, 0) is 0 Å². The predicted octanol–water partition coefficient (Wildman–Crippen LogP) is 3.44. The lowest BCUT2D eigenvalue weighted by atomic mass is 10.3. The number of halogens is 1. The van der Waals surface area contributed by atoms with Crippen LogP contribution in [0.1, 0.15) is 0 Å². The number of para-hydroxylation sites is 2. The van der Waals surface area contributed by atoms with Gasteiger partial charge in [0, 0.05) is 0 Å². The number of rotatable bonds is 0. The van der Waals surface area contributed by atoms with Crippen molar-refractivity contribution in [3.05, 3.63) is 35.7 Å². The third kappa shape index (κ3) is 1.31. The van der Waals surface area contributed by atoms with Crippen LogP contribution in [0.4, 0.5) is 0 Å². The lowest BCUT2D eigenvalue weighted by Crippen LogP contribution is -1.84. The quantitative estimate of drug-likeness (QED) is 0.460. The summed E-state index contributed by atoms with van der Waals surface area (Å²) in [6.07, 6.45) is 1.45. The summed E-state index contributed by atoms with van der Waals surface area (Å²) in [4.78, 5) is 18.3. The van der Waals surface area contributed by atoms with Crippen molar-refractivity contribution < 1.29 is 0 Å². The maximum absolute atomic E-state index is 6.06. The van der Waals surface area contributed by atoms with Crippen LogP contribution in [0.15, 0.2) is 30.6 Å². The molecule has 86 valence electrons. The number of nitrogens with zero attached hydrogens (tertiary/aromatic N) is 4. The highest BCUT2D eigenvalue weighted by Crippen LogP contribution is 2.34. The largest absolute Gasteiger partial charge is 0.241 e. The van der Waals surface area contributed by atoms with E-state index >= 15 is 0 Å². The standard InChI is InChI=1S/C12H5ClN4S/c13-11-10-8(14-5-15-11)9-12(18-10)17-7-4-2-1-3-6(7)16-9/h1-5H. The van der Waals surface area contributed by atoms with Gasteiger partial charge in [0.25, 0.3) is 0 Å². The zero-order chi connectivity index (χ0) is 12.1. The SMILES string of the molecule is Clc1ncnc2c1sc1nc3ccccc3nc12. The Balaban J connectivity index is 2.27. The molecule has 3 aromatic heterocycles. The first kappa shape index (κ1) is 10.1. The molecular weight excluding hydrogens is 268 g/mol.